The number of hydrogen-bond acceptors (Lipinski definition) is 11. The summed E-state index contributed by atoms with van der Waals surface area (Å²) < 4.78 is 26.3. The highest BCUT2D eigenvalue weighted by molar-refractivity contribution is 6.05. The number of rotatable bonds is 10. The Morgan fingerprint density at radius 3 is 2.48 bits per heavy atom. The number of amidine groups is 1. The molecule has 3 aliphatic rings. The third-order valence-electron chi connectivity index (χ3n) is 8.40. The molecule has 48 heavy (non-hydrogen) atoms. The van der Waals surface area contributed by atoms with E-state index < -0.39 is 12.3 Å². The van der Waals surface area contributed by atoms with Gasteiger partial charge < -0.3 is 36.2 Å². The number of alkyl halides is 1. The molecule has 256 valence electrons. The van der Waals surface area contributed by atoms with Crippen molar-refractivity contribution >= 4 is 36.2 Å². The van der Waals surface area contributed by atoms with E-state index in [9.17, 15) is 10.1 Å². The van der Waals surface area contributed by atoms with E-state index in [2.05, 4.69) is 60.9 Å². The Morgan fingerprint density at radius 2 is 1.90 bits per heavy atom. The molecular weight excluding hydrogens is 617 g/mol. The van der Waals surface area contributed by atoms with Crippen molar-refractivity contribution in [3.63, 3.8) is 0 Å². The maximum Gasteiger partial charge on any atom is 0.228 e. The Hall–Kier alpha value is -4.88. The van der Waals surface area contributed by atoms with Gasteiger partial charge in [0, 0.05) is 56.6 Å². The summed E-state index contributed by atoms with van der Waals surface area (Å²) in [6, 6.07) is 15.5. The fraction of sp³-hybridized carbons (Fsp3) is 0.424. The monoisotopic (exact) mass is 661 g/mol. The molecule has 0 saturated carbocycles. The molecule has 1 amide bonds. The summed E-state index contributed by atoms with van der Waals surface area (Å²) >= 11 is 0. The number of nitrogens with zero attached hydrogens (tertiary/aromatic N) is 7. The molecule has 0 unspecified atom stereocenters. The van der Waals surface area contributed by atoms with Gasteiger partial charge in [-0.15, -0.1) is 0 Å². The largest absolute Gasteiger partial charge is 0.486 e. The third kappa shape index (κ3) is 9.14. The zero-order valence-electron chi connectivity index (χ0n) is 27.2. The summed E-state index contributed by atoms with van der Waals surface area (Å²) in [5.41, 5.74) is 15.2. The van der Waals surface area contributed by atoms with Crippen molar-refractivity contribution in [2.24, 2.45) is 32.3 Å². The van der Waals surface area contributed by atoms with Crippen LogP contribution in [0.1, 0.15) is 24.0 Å². The van der Waals surface area contributed by atoms with Gasteiger partial charge in [0.05, 0.1) is 49.2 Å². The molecule has 0 aromatic heterocycles. The lowest BCUT2D eigenvalue weighted by molar-refractivity contribution is -0.134. The highest BCUT2D eigenvalue weighted by atomic mass is 19.1. The summed E-state index contributed by atoms with van der Waals surface area (Å²) in [6.45, 7) is 9.45. The number of halogens is 1. The summed E-state index contributed by atoms with van der Waals surface area (Å²) in [5.74, 6) is 5.53. The van der Waals surface area contributed by atoms with Crippen LogP contribution in [-0.2, 0) is 9.53 Å². The van der Waals surface area contributed by atoms with Gasteiger partial charge in [0.25, 0.3) is 0 Å². The maximum absolute atomic E-state index is 15.0. The number of nitriles is 1. The SMILES string of the molecule is C=NC(=NC=Nc1ccc(N2CCN(C3COC3)CC2)cc1)c1ccc(O[C@H]2CCN(C(=O)C/C(=C/N)NN)C[C@H]2F)c(C#N)c1.CN. The predicted octanol–water partition coefficient (Wildman–Crippen LogP) is 1.43. The van der Waals surface area contributed by atoms with Crippen molar-refractivity contribution in [2.75, 3.05) is 64.4 Å². The van der Waals surface area contributed by atoms with Gasteiger partial charge in [0.2, 0.25) is 5.91 Å². The maximum atomic E-state index is 15.0. The van der Waals surface area contributed by atoms with Crippen LogP contribution in [-0.4, -0.2) is 112 Å². The van der Waals surface area contributed by atoms with Gasteiger partial charge in [-0.2, -0.15) is 5.26 Å². The molecule has 3 fully saturated rings. The quantitative estimate of drug-likeness (QED) is 0.125. The molecule has 2 atom stereocenters. The first kappa shape index (κ1) is 36.0. The molecule has 14 nitrogen and oxygen atoms in total. The number of anilines is 1. The number of carbonyl (C=O) groups is 1. The second-order valence-electron chi connectivity index (χ2n) is 11.2. The Labute approximate surface area is 280 Å². The fourth-order valence-electron chi connectivity index (χ4n) is 5.58. The molecule has 0 spiro atoms. The molecule has 0 radical (unpaired) electrons. The van der Waals surface area contributed by atoms with E-state index in [1.165, 1.54) is 24.5 Å². The number of hydrazine groups is 1. The van der Waals surface area contributed by atoms with Crippen LogP contribution < -0.4 is 32.4 Å². The third-order valence-corrected chi connectivity index (χ3v) is 8.40. The van der Waals surface area contributed by atoms with E-state index in [0.29, 0.717) is 23.8 Å². The van der Waals surface area contributed by atoms with Crippen LogP contribution in [0.5, 0.6) is 5.75 Å². The first-order valence-corrected chi connectivity index (χ1v) is 15.7. The van der Waals surface area contributed by atoms with Gasteiger partial charge in [0.15, 0.2) is 12.0 Å². The minimum atomic E-state index is -1.45. The normalized spacial score (nSPS) is 20.7. The number of piperazine rings is 1. The van der Waals surface area contributed by atoms with Gasteiger partial charge in [-0.1, -0.05) is 0 Å². The Morgan fingerprint density at radius 1 is 1.17 bits per heavy atom. The summed E-state index contributed by atoms with van der Waals surface area (Å²) in [5, 5.41) is 9.80. The molecule has 0 bridgehead atoms. The van der Waals surface area contributed by atoms with Gasteiger partial charge >= 0.3 is 0 Å². The Kier molecular flexibility index (Phi) is 13.4. The van der Waals surface area contributed by atoms with Gasteiger partial charge in [0.1, 0.15) is 24.3 Å². The van der Waals surface area contributed by atoms with Crippen molar-refractivity contribution in [1.29, 1.82) is 5.26 Å². The zero-order chi connectivity index (χ0) is 34.5. The van der Waals surface area contributed by atoms with Crippen LogP contribution in [0, 0.1) is 11.3 Å². The molecule has 15 heteroatoms. The lowest BCUT2D eigenvalue weighted by atomic mass is 10.0. The van der Waals surface area contributed by atoms with E-state index in [0.717, 1.165) is 50.8 Å². The number of nitrogens with two attached hydrogens (primary N) is 3. The molecule has 3 aliphatic heterocycles. The minimum absolute atomic E-state index is 0.0569. The lowest BCUT2D eigenvalue weighted by Gasteiger charge is -2.43. The van der Waals surface area contributed by atoms with Crippen molar-refractivity contribution in [3.05, 3.63) is 65.5 Å². The number of likely N-dealkylation sites (tertiary alicyclic amines) is 1. The van der Waals surface area contributed by atoms with Crippen molar-refractivity contribution < 1.29 is 18.7 Å². The smallest absolute Gasteiger partial charge is 0.228 e. The standard InChI is InChI=1S/C32H39FN10O3.CH5N/c1-37-32(39-21-38-24-3-5-26(6-4-24)41-10-12-42(13-11-41)27-19-45-20-27)22-2-7-29(23(14-22)16-34)46-30-8-9-43(18-28(30)33)31(44)15-25(17-35)40-36;1-2/h2-7,14,17,21,27-28,30,40H,1,8-13,15,18-20,35-36H2;2H2,1H3/b25-17-,38-21?,39-32?;/t28-,30+;/m1./s1. The zero-order valence-corrected chi connectivity index (χ0v) is 27.2. The van der Waals surface area contributed by atoms with Crippen molar-refractivity contribution in [1.82, 2.24) is 15.2 Å². The molecular formula is C33H44FN11O3. The van der Waals surface area contributed by atoms with Crippen LogP contribution in [0.2, 0.25) is 0 Å². The molecule has 2 aromatic carbocycles. The van der Waals surface area contributed by atoms with E-state index >= 15 is 4.39 Å². The number of aliphatic imine (C=N–C) groups is 3. The topological polar surface area (TPSA) is 196 Å². The average molecular weight is 662 g/mol. The summed E-state index contributed by atoms with van der Waals surface area (Å²) in [7, 11) is 1.50. The second-order valence-corrected chi connectivity index (χ2v) is 11.2. The van der Waals surface area contributed by atoms with Gasteiger partial charge in [-0.05, 0) is 56.2 Å². The molecule has 3 saturated heterocycles. The summed E-state index contributed by atoms with van der Waals surface area (Å²) in [6.07, 6.45) is 0.520. The van der Waals surface area contributed by atoms with Crippen LogP contribution in [0.15, 0.2) is 69.3 Å². The van der Waals surface area contributed by atoms with Crippen LogP contribution in [0.4, 0.5) is 15.8 Å². The average Bonchev–Trinajstić information content (AvgIpc) is 3.10. The number of piperidine rings is 1. The number of benzene rings is 2. The van der Waals surface area contributed by atoms with Crippen molar-refractivity contribution in [3.8, 4) is 11.8 Å². The van der Waals surface area contributed by atoms with E-state index in [1.807, 2.05) is 12.1 Å². The number of ether oxygens (including phenoxy) is 2. The molecule has 5 rings (SSSR count). The van der Waals surface area contributed by atoms with E-state index in [1.54, 1.807) is 18.2 Å². The number of nitrogens with one attached hydrogen (secondary N) is 1. The van der Waals surface area contributed by atoms with E-state index in [4.69, 9.17) is 21.1 Å². The molecule has 3 heterocycles. The molecule has 0 aliphatic carbocycles. The minimum Gasteiger partial charge on any atom is -0.486 e. The number of hydrogen-bond donors (Lipinski definition) is 4. The van der Waals surface area contributed by atoms with Crippen molar-refractivity contribution in [2.45, 2.75) is 31.2 Å². The fourth-order valence-corrected chi connectivity index (χ4v) is 5.58. The van der Waals surface area contributed by atoms with Crippen LogP contribution in [0.3, 0.4) is 0 Å². The van der Waals surface area contributed by atoms with Gasteiger partial charge in [-0.25, -0.2) is 19.4 Å². The lowest BCUT2D eigenvalue weighted by Crippen LogP contribution is -2.56. The first-order chi connectivity index (χ1) is 23.4. The highest BCUT2D eigenvalue weighted by Crippen LogP contribution is 2.27. The number of carbonyl (C=O) groups excluding carboxylic acids is 1. The predicted molar refractivity (Wildman–Crippen MR) is 185 cm³/mol. The number of amides is 1. The van der Waals surface area contributed by atoms with Gasteiger partial charge in [-0.3, -0.25) is 15.5 Å². The van der Waals surface area contributed by atoms with E-state index in [-0.39, 0.29) is 42.4 Å². The molecule has 7 N–H and O–H groups in total. The summed E-state index contributed by atoms with van der Waals surface area (Å²) in [4.78, 5) is 31.5. The Balaban J connectivity index is 0.00000255. The van der Waals surface area contributed by atoms with Crippen LogP contribution >= 0.6 is 0 Å². The van der Waals surface area contributed by atoms with Crippen LogP contribution in [0.25, 0.3) is 0 Å². The first-order valence-electron chi connectivity index (χ1n) is 15.7. The highest BCUT2D eigenvalue weighted by Gasteiger charge is 2.34. The second kappa shape index (κ2) is 17.9. The Bertz CT molecular complexity index is 1510. The molecule has 2 aromatic rings.